The van der Waals surface area contributed by atoms with Gasteiger partial charge in [0.25, 0.3) is 0 Å². The molecule has 0 fully saturated rings. The van der Waals surface area contributed by atoms with Crippen LogP contribution >= 0.6 is 0 Å². The highest BCUT2D eigenvalue weighted by atomic mass is 15.1. The van der Waals surface area contributed by atoms with Crippen molar-refractivity contribution < 1.29 is 0 Å². The number of nitrogens with two attached hydrogens (primary N) is 1. The Kier molecular flexibility index (Phi) is 3.37. The van der Waals surface area contributed by atoms with Gasteiger partial charge in [-0.25, -0.2) is 4.98 Å². The summed E-state index contributed by atoms with van der Waals surface area (Å²) >= 11 is 0. The molecule has 3 heteroatoms. The van der Waals surface area contributed by atoms with Crippen LogP contribution in [0, 0.1) is 0 Å². The lowest BCUT2D eigenvalue weighted by molar-refractivity contribution is 0.618. The monoisotopic (exact) mass is 215 g/mol. The van der Waals surface area contributed by atoms with Gasteiger partial charge in [-0.3, -0.25) is 0 Å². The lowest BCUT2D eigenvalue weighted by Gasteiger charge is -2.12. The molecule has 16 heavy (non-hydrogen) atoms. The van der Waals surface area contributed by atoms with Crippen molar-refractivity contribution >= 4 is 0 Å². The van der Waals surface area contributed by atoms with E-state index in [4.69, 9.17) is 5.73 Å². The molecule has 0 amide bonds. The van der Waals surface area contributed by atoms with E-state index in [1.165, 1.54) is 5.56 Å². The van der Waals surface area contributed by atoms with Gasteiger partial charge in [0.1, 0.15) is 0 Å². The summed E-state index contributed by atoms with van der Waals surface area (Å²) in [7, 11) is 0. The summed E-state index contributed by atoms with van der Waals surface area (Å²) in [5.74, 6) is 0. The van der Waals surface area contributed by atoms with Crippen LogP contribution in [0.5, 0.6) is 0 Å². The second-order valence-corrected chi connectivity index (χ2v) is 3.95. The molecule has 0 saturated carbocycles. The number of imidazole rings is 1. The molecule has 0 bridgehead atoms. The summed E-state index contributed by atoms with van der Waals surface area (Å²) in [6, 6.07) is 10.4. The minimum absolute atomic E-state index is 0.0752. The highest BCUT2D eigenvalue weighted by molar-refractivity contribution is 5.16. The first kappa shape index (κ1) is 10.9. The number of aromatic nitrogens is 2. The minimum Gasteiger partial charge on any atom is -0.329 e. The number of benzene rings is 1. The van der Waals surface area contributed by atoms with Crippen LogP contribution in [0.1, 0.15) is 30.6 Å². The molecule has 2 N–H and O–H groups in total. The topological polar surface area (TPSA) is 43.8 Å². The van der Waals surface area contributed by atoms with E-state index in [-0.39, 0.29) is 6.04 Å². The second kappa shape index (κ2) is 4.94. The Balaban J connectivity index is 2.19. The van der Waals surface area contributed by atoms with Gasteiger partial charge in [0.2, 0.25) is 0 Å². The molecule has 1 aromatic heterocycles. The minimum atomic E-state index is 0.0752. The Hall–Kier alpha value is -1.61. The molecule has 3 nitrogen and oxygen atoms in total. The summed E-state index contributed by atoms with van der Waals surface area (Å²) in [4.78, 5) is 4.17. The number of nitrogens with zero attached hydrogens (tertiary/aromatic N) is 2. The van der Waals surface area contributed by atoms with Gasteiger partial charge >= 0.3 is 0 Å². The number of hydrogen-bond donors (Lipinski definition) is 1. The quantitative estimate of drug-likeness (QED) is 0.850. The third-order valence-electron chi connectivity index (χ3n) is 2.76. The zero-order chi connectivity index (χ0) is 11.4. The van der Waals surface area contributed by atoms with Crippen LogP contribution in [0.4, 0.5) is 0 Å². The number of rotatable bonds is 4. The van der Waals surface area contributed by atoms with Crippen molar-refractivity contribution in [3.63, 3.8) is 0 Å². The molecule has 84 valence electrons. The van der Waals surface area contributed by atoms with E-state index in [0.717, 1.165) is 18.7 Å². The van der Waals surface area contributed by atoms with E-state index in [0.29, 0.717) is 0 Å². The Morgan fingerprint density at radius 1 is 1.31 bits per heavy atom. The maximum atomic E-state index is 6.03. The molecule has 0 aliphatic heterocycles. The van der Waals surface area contributed by atoms with E-state index < -0.39 is 0 Å². The SMILES string of the molecule is CC[C@@H](N)c1cncn1Cc1ccccc1. The van der Waals surface area contributed by atoms with Crippen LogP contribution < -0.4 is 5.73 Å². The third kappa shape index (κ3) is 2.31. The van der Waals surface area contributed by atoms with E-state index >= 15 is 0 Å². The van der Waals surface area contributed by atoms with Gasteiger partial charge in [-0.15, -0.1) is 0 Å². The zero-order valence-electron chi connectivity index (χ0n) is 9.50. The van der Waals surface area contributed by atoms with Crippen molar-refractivity contribution in [1.82, 2.24) is 9.55 Å². The molecular formula is C13H17N3. The molecule has 1 aromatic carbocycles. The van der Waals surface area contributed by atoms with E-state index in [1.54, 1.807) is 0 Å². The molecule has 1 atom stereocenters. The lowest BCUT2D eigenvalue weighted by Crippen LogP contribution is -2.14. The van der Waals surface area contributed by atoms with E-state index in [9.17, 15) is 0 Å². The van der Waals surface area contributed by atoms with Crippen molar-refractivity contribution in [1.29, 1.82) is 0 Å². The molecular weight excluding hydrogens is 198 g/mol. The first-order chi connectivity index (χ1) is 7.81. The fraction of sp³-hybridized carbons (Fsp3) is 0.308. The molecule has 2 aromatic rings. The highest BCUT2D eigenvalue weighted by Crippen LogP contribution is 2.14. The van der Waals surface area contributed by atoms with Crippen LogP contribution in [0.25, 0.3) is 0 Å². The predicted octanol–water partition coefficient (Wildman–Crippen LogP) is 2.34. The van der Waals surface area contributed by atoms with Crippen molar-refractivity contribution in [2.75, 3.05) is 0 Å². The maximum absolute atomic E-state index is 6.03. The smallest absolute Gasteiger partial charge is 0.0951 e. The van der Waals surface area contributed by atoms with Crippen LogP contribution in [0.15, 0.2) is 42.9 Å². The van der Waals surface area contributed by atoms with Gasteiger partial charge in [0, 0.05) is 18.8 Å². The van der Waals surface area contributed by atoms with E-state index in [2.05, 4.69) is 28.6 Å². The molecule has 0 spiro atoms. The van der Waals surface area contributed by atoms with E-state index in [1.807, 2.05) is 30.7 Å². The molecule has 1 heterocycles. The Labute approximate surface area is 95.9 Å². The van der Waals surface area contributed by atoms with Crippen LogP contribution in [-0.2, 0) is 6.54 Å². The summed E-state index contributed by atoms with van der Waals surface area (Å²) in [5, 5.41) is 0. The summed E-state index contributed by atoms with van der Waals surface area (Å²) in [6.45, 7) is 2.92. The van der Waals surface area contributed by atoms with Crippen LogP contribution in [0.2, 0.25) is 0 Å². The van der Waals surface area contributed by atoms with Gasteiger partial charge in [-0.1, -0.05) is 37.3 Å². The van der Waals surface area contributed by atoms with Gasteiger partial charge in [-0.05, 0) is 12.0 Å². The van der Waals surface area contributed by atoms with Crippen molar-refractivity contribution in [2.24, 2.45) is 5.73 Å². The third-order valence-corrected chi connectivity index (χ3v) is 2.76. The molecule has 0 aliphatic rings. The second-order valence-electron chi connectivity index (χ2n) is 3.95. The predicted molar refractivity (Wildman–Crippen MR) is 65.0 cm³/mol. The molecule has 0 radical (unpaired) electrons. The normalized spacial score (nSPS) is 12.6. The average Bonchev–Trinajstić information content (AvgIpc) is 2.77. The number of hydrogen-bond acceptors (Lipinski definition) is 2. The molecule has 0 aliphatic carbocycles. The fourth-order valence-corrected chi connectivity index (χ4v) is 1.76. The van der Waals surface area contributed by atoms with Gasteiger partial charge in [0.05, 0.1) is 12.0 Å². The highest BCUT2D eigenvalue weighted by Gasteiger charge is 2.09. The van der Waals surface area contributed by atoms with Gasteiger partial charge in [0.15, 0.2) is 0 Å². The van der Waals surface area contributed by atoms with Crippen molar-refractivity contribution in [3.8, 4) is 0 Å². The lowest BCUT2D eigenvalue weighted by atomic mass is 10.1. The van der Waals surface area contributed by atoms with Crippen molar-refractivity contribution in [3.05, 3.63) is 54.1 Å². The Bertz CT molecular complexity index is 433. The standard InChI is InChI=1S/C13H17N3/c1-2-12(14)13-8-15-10-16(13)9-11-6-4-3-5-7-11/h3-8,10,12H,2,9,14H2,1H3/t12-/m1/s1. The average molecular weight is 215 g/mol. The summed E-state index contributed by atoms with van der Waals surface area (Å²) in [5.41, 5.74) is 8.40. The summed E-state index contributed by atoms with van der Waals surface area (Å²) in [6.07, 6.45) is 4.63. The Morgan fingerprint density at radius 2 is 2.06 bits per heavy atom. The molecule has 0 unspecified atom stereocenters. The largest absolute Gasteiger partial charge is 0.329 e. The van der Waals surface area contributed by atoms with Crippen LogP contribution in [-0.4, -0.2) is 9.55 Å². The zero-order valence-corrected chi connectivity index (χ0v) is 9.50. The van der Waals surface area contributed by atoms with Gasteiger partial charge in [-0.2, -0.15) is 0 Å². The first-order valence-corrected chi connectivity index (χ1v) is 5.60. The first-order valence-electron chi connectivity index (χ1n) is 5.60. The van der Waals surface area contributed by atoms with Crippen molar-refractivity contribution in [2.45, 2.75) is 25.9 Å². The maximum Gasteiger partial charge on any atom is 0.0951 e. The van der Waals surface area contributed by atoms with Crippen LogP contribution in [0.3, 0.4) is 0 Å². The molecule has 0 saturated heterocycles. The Morgan fingerprint density at radius 3 is 2.75 bits per heavy atom. The van der Waals surface area contributed by atoms with Gasteiger partial charge < -0.3 is 10.3 Å². The fourth-order valence-electron chi connectivity index (χ4n) is 1.76. The summed E-state index contributed by atoms with van der Waals surface area (Å²) < 4.78 is 2.11. The molecule has 2 rings (SSSR count).